The van der Waals surface area contributed by atoms with Gasteiger partial charge in [-0.3, -0.25) is 4.79 Å². The molecule has 1 amide bonds. The lowest BCUT2D eigenvalue weighted by Crippen LogP contribution is -2.27. The number of nitrogens with one attached hydrogen (secondary N) is 1. The maximum atomic E-state index is 12.8. The second kappa shape index (κ2) is 9.02. The third-order valence-electron chi connectivity index (χ3n) is 4.12. The molecule has 0 atom stereocenters. The van der Waals surface area contributed by atoms with Crippen LogP contribution in [0, 0.1) is 0 Å². The second-order valence-corrected chi connectivity index (χ2v) is 8.15. The van der Waals surface area contributed by atoms with Gasteiger partial charge in [0.1, 0.15) is 0 Å². The van der Waals surface area contributed by atoms with Crippen LogP contribution in [0.25, 0.3) is 0 Å². The monoisotopic (exact) mass is 448 g/mol. The largest absolute Gasteiger partial charge is 0.489 e. The number of hydroxylamine groups is 1. The van der Waals surface area contributed by atoms with Crippen molar-refractivity contribution < 1.29 is 31.8 Å². The molecule has 1 aliphatic heterocycles. The minimum Gasteiger partial charge on any atom is -0.489 e. The first-order valence-corrected chi connectivity index (χ1v) is 10.8. The second-order valence-electron chi connectivity index (χ2n) is 6.57. The molecule has 0 fully saturated rings. The number of ether oxygens (including phenoxy) is 2. The van der Waals surface area contributed by atoms with E-state index in [-0.39, 0.29) is 29.6 Å². The molecule has 5 N–H and O–H groups in total. The van der Waals surface area contributed by atoms with Gasteiger partial charge < -0.3 is 20.9 Å². The smallest absolute Gasteiger partial charge is 0.343 e. The Labute approximate surface area is 178 Å². The highest BCUT2D eigenvalue weighted by Crippen LogP contribution is 2.34. The van der Waals surface area contributed by atoms with Crippen LogP contribution in [0.3, 0.4) is 0 Å². The number of nitrogens with zero attached hydrogens (tertiary/aromatic N) is 1. The lowest BCUT2D eigenvalue weighted by molar-refractivity contribution is 0.0715. The number of nitrogens with two attached hydrogens (primary N) is 2. The minimum absolute atomic E-state index is 0.00171. The maximum absolute atomic E-state index is 12.8. The molecule has 0 aromatic heterocycles. The summed E-state index contributed by atoms with van der Waals surface area (Å²) in [6, 6.07) is 9.11. The Balaban J connectivity index is 1.94. The summed E-state index contributed by atoms with van der Waals surface area (Å²) in [5.74, 6) is -1.66. The van der Waals surface area contributed by atoms with Crippen molar-refractivity contribution in [3.05, 3.63) is 53.1 Å². The van der Waals surface area contributed by atoms with Crippen LogP contribution in [0.1, 0.15) is 32.7 Å². The van der Waals surface area contributed by atoms with Crippen molar-refractivity contribution in [2.45, 2.75) is 12.8 Å². The lowest BCUT2D eigenvalue weighted by atomic mass is 10.0. The number of hydrogen-bond acceptors (Lipinski definition) is 8. The molecule has 1 aliphatic rings. The van der Waals surface area contributed by atoms with Gasteiger partial charge in [-0.15, -0.1) is 4.28 Å². The standard InChI is InChI=1S/C19H20N4O7S/c1-31(26,27)30-23-17(24)14-5-2-6-15-16(14)28-9-3-4-11-10-12(22-19(20)21)7-8-13(11)18(25)29-15/h2,5-8,10H,3-4,9H2,1H3,(H,23,24)(H4,20,21,22). The molecule has 0 unspecified atom stereocenters. The van der Waals surface area contributed by atoms with E-state index in [1.807, 2.05) is 5.48 Å². The lowest BCUT2D eigenvalue weighted by Gasteiger charge is -2.18. The van der Waals surface area contributed by atoms with Gasteiger partial charge in [-0.25, -0.2) is 15.3 Å². The summed E-state index contributed by atoms with van der Waals surface area (Å²) in [6.45, 7) is 0.188. The van der Waals surface area contributed by atoms with Crippen LogP contribution >= 0.6 is 0 Å². The quantitative estimate of drug-likeness (QED) is 0.201. The van der Waals surface area contributed by atoms with Crippen molar-refractivity contribution in [1.29, 1.82) is 0 Å². The summed E-state index contributed by atoms with van der Waals surface area (Å²) in [6.07, 6.45) is 1.74. The molecule has 0 radical (unpaired) electrons. The summed E-state index contributed by atoms with van der Waals surface area (Å²) < 4.78 is 37.7. The molecule has 0 bridgehead atoms. The zero-order valence-corrected chi connectivity index (χ0v) is 17.3. The normalized spacial score (nSPS) is 13.6. The first-order valence-electron chi connectivity index (χ1n) is 9.03. The predicted octanol–water partition coefficient (Wildman–Crippen LogP) is 0.757. The van der Waals surface area contributed by atoms with E-state index < -0.39 is 22.0 Å². The molecule has 12 heteroatoms. The van der Waals surface area contributed by atoms with Gasteiger partial charge in [0.15, 0.2) is 17.5 Å². The van der Waals surface area contributed by atoms with Crippen molar-refractivity contribution in [1.82, 2.24) is 5.48 Å². The van der Waals surface area contributed by atoms with Gasteiger partial charge in [0.2, 0.25) is 0 Å². The van der Waals surface area contributed by atoms with Crippen molar-refractivity contribution in [3.8, 4) is 11.5 Å². The molecule has 2 aromatic carbocycles. The van der Waals surface area contributed by atoms with Crippen LogP contribution < -0.4 is 26.4 Å². The highest BCUT2D eigenvalue weighted by molar-refractivity contribution is 7.85. The van der Waals surface area contributed by atoms with Crippen molar-refractivity contribution >= 4 is 33.6 Å². The Morgan fingerprint density at radius 2 is 2.00 bits per heavy atom. The molecular weight excluding hydrogens is 428 g/mol. The number of hydrogen-bond donors (Lipinski definition) is 3. The number of carbonyl (C=O) groups is 2. The van der Waals surface area contributed by atoms with Gasteiger partial charge in [-0.2, -0.15) is 8.42 Å². The number of aliphatic imine (C=N–C) groups is 1. The van der Waals surface area contributed by atoms with Gasteiger partial charge >= 0.3 is 5.97 Å². The number of amides is 1. The van der Waals surface area contributed by atoms with Gasteiger partial charge in [-0.05, 0) is 48.7 Å². The molecule has 0 saturated carbocycles. The summed E-state index contributed by atoms with van der Waals surface area (Å²) in [5, 5.41) is 0. The summed E-state index contributed by atoms with van der Waals surface area (Å²) in [4.78, 5) is 29.1. The van der Waals surface area contributed by atoms with Crippen molar-refractivity contribution in [3.63, 3.8) is 0 Å². The summed E-state index contributed by atoms with van der Waals surface area (Å²) in [7, 11) is -3.91. The van der Waals surface area contributed by atoms with Gasteiger partial charge in [0, 0.05) is 0 Å². The van der Waals surface area contributed by atoms with Crippen LogP contribution in [0.5, 0.6) is 11.5 Å². The molecule has 1 heterocycles. The molecule has 31 heavy (non-hydrogen) atoms. The number of rotatable bonds is 4. The number of aryl methyl sites for hydroxylation is 1. The first kappa shape index (κ1) is 22.1. The molecular formula is C19H20N4O7S. The van der Waals surface area contributed by atoms with Crippen molar-refractivity contribution in [2.24, 2.45) is 16.5 Å². The Hall–Kier alpha value is -3.64. The number of para-hydroxylation sites is 1. The average Bonchev–Trinajstić information content (AvgIpc) is 2.69. The number of fused-ring (bicyclic) bond motifs is 2. The van der Waals surface area contributed by atoms with E-state index in [2.05, 4.69) is 9.28 Å². The Morgan fingerprint density at radius 3 is 2.71 bits per heavy atom. The number of carbonyl (C=O) groups excluding carboxylic acids is 2. The van der Waals surface area contributed by atoms with Crippen LogP contribution in [0.2, 0.25) is 0 Å². The van der Waals surface area contributed by atoms with Crippen LogP contribution in [0.15, 0.2) is 41.4 Å². The molecule has 11 nitrogen and oxygen atoms in total. The van der Waals surface area contributed by atoms with E-state index in [9.17, 15) is 18.0 Å². The Morgan fingerprint density at radius 1 is 1.23 bits per heavy atom. The van der Waals surface area contributed by atoms with E-state index in [0.717, 1.165) is 6.26 Å². The van der Waals surface area contributed by atoms with Crippen LogP contribution in [-0.4, -0.2) is 39.1 Å². The van der Waals surface area contributed by atoms with Crippen LogP contribution in [-0.2, 0) is 20.8 Å². The highest BCUT2D eigenvalue weighted by atomic mass is 32.2. The average molecular weight is 448 g/mol. The predicted molar refractivity (Wildman–Crippen MR) is 111 cm³/mol. The number of esters is 1. The molecule has 164 valence electrons. The fraction of sp³-hybridized carbons (Fsp3) is 0.211. The summed E-state index contributed by atoms with van der Waals surface area (Å²) in [5.41, 5.74) is 14.1. The SMILES string of the molecule is CS(=O)(=O)ONC(=O)c1cccc2c1OCCCc1cc(N=C(N)N)ccc1C(=O)O2. The number of benzene rings is 2. The first-order chi connectivity index (χ1) is 14.6. The maximum Gasteiger partial charge on any atom is 0.343 e. The Bertz CT molecular complexity index is 1160. The summed E-state index contributed by atoms with van der Waals surface area (Å²) >= 11 is 0. The van der Waals surface area contributed by atoms with Crippen LogP contribution in [0.4, 0.5) is 5.69 Å². The van der Waals surface area contributed by atoms with Gasteiger partial charge in [0.25, 0.3) is 16.0 Å². The third kappa shape index (κ3) is 5.71. The molecule has 0 spiro atoms. The Kier molecular flexibility index (Phi) is 6.42. The highest BCUT2D eigenvalue weighted by Gasteiger charge is 2.23. The topological polar surface area (TPSA) is 172 Å². The fourth-order valence-corrected chi connectivity index (χ4v) is 3.12. The van der Waals surface area contributed by atoms with E-state index >= 15 is 0 Å². The van der Waals surface area contributed by atoms with E-state index in [0.29, 0.717) is 29.7 Å². The van der Waals surface area contributed by atoms with E-state index in [4.69, 9.17) is 20.9 Å². The van der Waals surface area contributed by atoms with E-state index in [1.54, 1.807) is 18.2 Å². The minimum atomic E-state index is -3.91. The molecule has 0 saturated heterocycles. The zero-order chi connectivity index (χ0) is 22.6. The molecule has 2 aromatic rings. The van der Waals surface area contributed by atoms with Crippen molar-refractivity contribution in [2.75, 3.05) is 12.9 Å². The van der Waals surface area contributed by atoms with Gasteiger partial charge in [0.05, 0.1) is 29.7 Å². The van der Waals surface area contributed by atoms with Gasteiger partial charge in [-0.1, -0.05) is 6.07 Å². The van der Waals surface area contributed by atoms with E-state index in [1.165, 1.54) is 18.2 Å². The molecule has 3 rings (SSSR count). The fourth-order valence-electron chi connectivity index (χ4n) is 2.89. The molecule has 0 aliphatic carbocycles. The zero-order valence-electron chi connectivity index (χ0n) is 16.5. The number of guanidine groups is 1. The third-order valence-corrected chi connectivity index (χ3v) is 4.50.